The molecule has 8 nitrogen and oxygen atoms in total. The van der Waals surface area contributed by atoms with Gasteiger partial charge in [0, 0.05) is 24.3 Å². The minimum atomic E-state index is -0.831. The number of rotatable bonds is 5. The molecule has 0 unspecified atom stereocenters. The van der Waals surface area contributed by atoms with E-state index in [0.29, 0.717) is 24.1 Å². The van der Waals surface area contributed by atoms with Crippen molar-refractivity contribution in [1.82, 2.24) is 15.1 Å². The van der Waals surface area contributed by atoms with E-state index in [0.717, 1.165) is 49.8 Å². The lowest BCUT2D eigenvalue weighted by Crippen LogP contribution is -2.48. The average Bonchev–Trinajstić information content (AvgIpc) is 3.03. The van der Waals surface area contributed by atoms with Crippen molar-refractivity contribution in [2.24, 2.45) is 0 Å². The zero-order valence-corrected chi connectivity index (χ0v) is 18.7. The largest absolute Gasteiger partial charge is 0.339 e. The summed E-state index contributed by atoms with van der Waals surface area (Å²) < 4.78 is 0. The Morgan fingerprint density at radius 2 is 1.66 bits per heavy atom. The molecule has 3 aliphatic rings. The van der Waals surface area contributed by atoms with Crippen LogP contribution < -0.4 is 10.6 Å². The van der Waals surface area contributed by atoms with Gasteiger partial charge in [0.25, 0.3) is 11.8 Å². The van der Waals surface area contributed by atoms with Crippen molar-refractivity contribution < 1.29 is 19.2 Å². The highest BCUT2D eigenvalue weighted by atomic mass is 16.2. The fraction of sp³-hybridized carbons (Fsp3) is 0.583. The van der Waals surface area contributed by atoms with Crippen molar-refractivity contribution in [3.63, 3.8) is 0 Å². The fourth-order valence-corrected chi connectivity index (χ4v) is 5.19. The Labute approximate surface area is 188 Å². The maximum absolute atomic E-state index is 12.8. The van der Waals surface area contributed by atoms with Crippen LogP contribution in [-0.4, -0.2) is 58.7 Å². The van der Waals surface area contributed by atoms with Crippen LogP contribution in [0.25, 0.3) is 0 Å². The van der Waals surface area contributed by atoms with Crippen molar-refractivity contribution in [1.29, 1.82) is 0 Å². The number of hydrogen-bond donors (Lipinski definition) is 2. The number of nitrogens with zero attached hydrogens (tertiary/aromatic N) is 2. The lowest BCUT2D eigenvalue weighted by molar-refractivity contribution is -0.134. The Hall–Kier alpha value is -2.90. The molecular formula is C24H32N4O4. The summed E-state index contributed by atoms with van der Waals surface area (Å²) in [5.41, 5.74) is 0.262. The maximum atomic E-state index is 12.8. The van der Waals surface area contributed by atoms with Gasteiger partial charge in [0.05, 0.1) is 0 Å². The number of carbonyl (C=O) groups excluding carboxylic acids is 4. The molecule has 1 spiro atoms. The maximum Gasteiger partial charge on any atom is 0.325 e. The second-order valence-corrected chi connectivity index (χ2v) is 9.30. The molecule has 4 rings (SSSR count). The number of hydrogen-bond acceptors (Lipinski definition) is 4. The van der Waals surface area contributed by atoms with Gasteiger partial charge >= 0.3 is 6.03 Å². The molecule has 2 saturated carbocycles. The van der Waals surface area contributed by atoms with E-state index in [-0.39, 0.29) is 24.4 Å². The first-order valence-electron chi connectivity index (χ1n) is 11.7. The van der Waals surface area contributed by atoms with Gasteiger partial charge in [-0.1, -0.05) is 38.5 Å². The summed E-state index contributed by atoms with van der Waals surface area (Å²) in [5, 5.41) is 5.53. The van der Waals surface area contributed by atoms with Gasteiger partial charge in [-0.15, -0.1) is 0 Å². The Kier molecular flexibility index (Phi) is 6.48. The molecule has 1 saturated heterocycles. The molecule has 0 bridgehead atoms. The van der Waals surface area contributed by atoms with Crippen molar-refractivity contribution in [3.05, 3.63) is 29.8 Å². The highest BCUT2D eigenvalue weighted by molar-refractivity contribution is 6.10. The SMILES string of the molecule is CN(C(=O)c1ccc(NC(=O)CN2C(=O)NC3(CCCCC3)C2=O)cc1)C1CCCCC1. The van der Waals surface area contributed by atoms with E-state index in [2.05, 4.69) is 10.6 Å². The molecule has 0 atom stereocenters. The van der Waals surface area contributed by atoms with Crippen LogP contribution in [0, 0.1) is 0 Å². The third-order valence-electron chi connectivity index (χ3n) is 7.11. The molecular weight excluding hydrogens is 408 g/mol. The van der Waals surface area contributed by atoms with E-state index in [4.69, 9.17) is 0 Å². The van der Waals surface area contributed by atoms with E-state index in [1.807, 2.05) is 11.9 Å². The summed E-state index contributed by atoms with van der Waals surface area (Å²) in [5.74, 6) is -0.768. The van der Waals surface area contributed by atoms with Crippen molar-refractivity contribution in [3.8, 4) is 0 Å². The molecule has 1 heterocycles. The molecule has 3 fully saturated rings. The molecule has 1 aromatic carbocycles. The predicted molar refractivity (Wildman–Crippen MR) is 120 cm³/mol. The number of anilines is 1. The van der Waals surface area contributed by atoms with Gasteiger partial charge in [-0.2, -0.15) is 0 Å². The van der Waals surface area contributed by atoms with Crippen molar-refractivity contribution in [2.45, 2.75) is 75.8 Å². The van der Waals surface area contributed by atoms with Gasteiger partial charge in [0.15, 0.2) is 0 Å². The Bertz CT molecular complexity index is 886. The third kappa shape index (κ3) is 4.49. The van der Waals surface area contributed by atoms with Crippen molar-refractivity contribution in [2.75, 3.05) is 18.9 Å². The fourth-order valence-electron chi connectivity index (χ4n) is 5.19. The molecule has 8 heteroatoms. The highest BCUT2D eigenvalue weighted by Gasteiger charge is 2.51. The van der Waals surface area contributed by atoms with Gasteiger partial charge in [-0.25, -0.2) is 4.79 Å². The van der Waals surface area contributed by atoms with E-state index >= 15 is 0 Å². The van der Waals surface area contributed by atoms with Gasteiger partial charge in [-0.05, 0) is 49.9 Å². The van der Waals surface area contributed by atoms with Gasteiger partial charge in [0.2, 0.25) is 5.91 Å². The van der Waals surface area contributed by atoms with Gasteiger partial charge in [0.1, 0.15) is 12.1 Å². The molecule has 1 aliphatic heterocycles. The highest BCUT2D eigenvalue weighted by Crippen LogP contribution is 2.33. The molecule has 32 heavy (non-hydrogen) atoms. The number of nitrogens with one attached hydrogen (secondary N) is 2. The predicted octanol–water partition coefficient (Wildman–Crippen LogP) is 3.28. The second kappa shape index (κ2) is 9.30. The summed E-state index contributed by atoms with van der Waals surface area (Å²) in [7, 11) is 1.85. The van der Waals surface area contributed by atoms with Crippen LogP contribution in [0.2, 0.25) is 0 Å². The normalized spacial score (nSPS) is 20.8. The smallest absolute Gasteiger partial charge is 0.325 e. The van der Waals surface area contributed by atoms with E-state index in [1.165, 1.54) is 6.42 Å². The van der Waals surface area contributed by atoms with Gasteiger partial charge < -0.3 is 15.5 Å². The standard InChI is InChI=1S/C24H32N4O4/c1-27(19-8-4-2-5-9-19)21(30)17-10-12-18(13-11-17)25-20(29)16-28-22(31)24(26-23(28)32)14-6-3-7-15-24/h10-13,19H,2-9,14-16H2,1H3,(H,25,29)(H,26,32). The second-order valence-electron chi connectivity index (χ2n) is 9.30. The molecule has 172 valence electrons. The van der Waals surface area contributed by atoms with Crippen LogP contribution >= 0.6 is 0 Å². The monoisotopic (exact) mass is 440 g/mol. The van der Waals surface area contributed by atoms with Crippen LogP contribution in [0.15, 0.2) is 24.3 Å². The number of amides is 5. The number of imide groups is 1. The van der Waals surface area contributed by atoms with E-state index in [9.17, 15) is 19.2 Å². The van der Waals surface area contributed by atoms with Crippen LogP contribution in [0.5, 0.6) is 0 Å². The molecule has 2 N–H and O–H groups in total. The van der Waals surface area contributed by atoms with E-state index in [1.54, 1.807) is 24.3 Å². The molecule has 1 aromatic rings. The first-order chi connectivity index (χ1) is 15.4. The molecule has 0 radical (unpaired) electrons. The molecule has 0 aromatic heterocycles. The van der Waals surface area contributed by atoms with E-state index < -0.39 is 17.5 Å². The quantitative estimate of drug-likeness (QED) is 0.687. The lowest BCUT2D eigenvalue weighted by Gasteiger charge is -2.31. The first-order valence-corrected chi connectivity index (χ1v) is 11.7. The van der Waals surface area contributed by atoms with Crippen LogP contribution in [0.1, 0.15) is 74.6 Å². The Morgan fingerprint density at radius 3 is 2.31 bits per heavy atom. The summed E-state index contributed by atoms with van der Waals surface area (Å²) in [6.45, 7) is -0.322. The minimum absolute atomic E-state index is 0.0214. The third-order valence-corrected chi connectivity index (χ3v) is 7.11. The van der Waals surface area contributed by atoms with Crippen LogP contribution in [0.3, 0.4) is 0 Å². The Balaban J connectivity index is 1.33. The zero-order valence-electron chi connectivity index (χ0n) is 18.7. The number of urea groups is 1. The average molecular weight is 441 g/mol. The Morgan fingerprint density at radius 1 is 1.03 bits per heavy atom. The topological polar surface area (TPSA) is 98.8 Å². The minimum Gasteiger partial charge on any atom is -0.339 e. The molecule has 5 amide bonds. The number of carbonyl (C=O) groups is 4. The van der Waals surface area contributed by atoms with Crippen LogP contribution in [-0.2, 0) is 9.59 Å². The lowest BCUT2D eigenvalue weighted by atomic mass is 9.82. The number of benzene rings is 1. The summed E-state index contributed by atoms with van der Waals surface area (Å²) in [6, 6.07) is 6.53. The summed E-state index contributed by atoms with van der Waals surface area (Å²) in [6.07, 6.45) is 9.73. The summed E-state index contributed by atoms with van der Waals surface area (Å²) >= 11 is 0. The first kappa shape index (κ1) is 22.3. The zero-order chi connectivity index (χ0) is 22.7. The van der Waals surface area contributed by atoms with Crippen molar-refractivity contribution >= 4 is 29.4 Å². The molecule has 2 aliphatic carbocycles. The summed E-state index contributed by atoms with van der Waals surface area (Å²) in [4.78, 5) is 53.3. The van der Waals surface area contributed by atoms with Gasteiger partial charge in [-0.3, -0.25) is 19.3 Å². The van der Waals surface area contributed by atoms with Crippen LogP contribution in [0.4, 0.5) is 10.5 Å².